The number of benzene rings is 1. The van der Waals surface area contributed by atoms with Crippen molar-refractivity contribution in [3.8, 4) is 0 Å². The molecule has 1 aliphatic rings. The molecule has 1 aromatic rings. The molecule has 1 nitrogen and oxygen atoms in total. The zero-order valence-electron chi connectivity index (χ0n) is 10.2. The Morgan fingerprint density at radius 3 is 2.78 bits per heavy atom. The van der Waals surface area contributed by atoms with Gasteiger partial charge in [0.15, 0.2) is 0 Å². The average Bonchev–Trinajstić information content (AvgIpc) is 2.84. The van der Waals surface area contributed by atoms with Crippen molar-refractivity contribution in [1.82, 2.24) is 0 Å². The minimum Gasteiger partial charge on any atom is -0.392 e. The van der Waals surface area contributed by atoms with Crippen LogP contribution in [0.1, 0.15) is 31.2 Å². The van der Waals surface area contributed by atoms with Crippen LogP contribution in [-0.4, -0.2) is 22.2 Å². The van der Waals surface area contributed by atoms with Gasteiger partial charge in [0.05, 0.1) is 11.1 Å². The predicted molar refractivity (Wildman–Crippen MR) is 75.8 cm³/mol. The molecule has 1 N–H and O–H groups in total. The highest BCUT2D eigenvalue weighted by molar-refractivity contribution is 7.99. The van der Waals surface area contributed by atoms with Crippen LogP contribution in [0.15, 0.2) is 18.2 Å². The van der Waals surface area contributed by atoms with Crippen LogP contribution in [0.3, 0.4) is 0 Å². The Balaban J connectivity index is 1.78. The summed E-state index contributed by atoms with van der Waals surface area (Å²) < 4.78 is 13.2. The molecule has 0 amide bonds. The second-order valence-electron chi connectivity index (χ2n) is 4.85. The molecule has 1 unspecified atom stereocenters. The summed E-state index contributed by atoms with van der Waals surface area (Å²) in [6, 6.07) is 4.73. The molecule has 0 spiro atoms. The summed E-state index contributed by atoms with van der Waals surface area (Å²) in [5.74, 6) is 0.319. The van der Waals surface area contributed by atoms with Crippen molar-refractivity contribution in [3.05, 3.63) is 34.6 Å². The maximum atomic E-state index is 13.2. The lowest BCUT2D eigenvalue weighted by Crippen LogP contribution is -2.15. The van der Waals surface area contributed by atoms with Crippen LogP contribution < -0.4 is 0 Å². The molecule has 1 atom stereocenters. The zero-order chi connectivity index (χ0) is 13.0. The van der Waals surface area contributed by atoms with E-state index < -0.39 is 11.9 Å². The SMILES string of the molecule is OC(CSC1CCCC1)Cc1ccc(Cl)c(F)c1. The van der Waals surface area contributed by atoms with Gasteiger partial charge >= 0.3 is 0 Å². The van der Waals surface area contributed by atoms with E-state index in [1.807, 2.05) is 11.8 Å². The molecule has 0 bridgehead atoms. The summed E-state index contributed by atoms with van der Waals surface area (Å²) in [6.07, 6.45) is 5.26. The Morgan fingerprint density at radius 2 is 2.11 bits per heavy atom. The van der Waals surface area contributed by atoms with Crippen molar-refractivity contribution in [2.75, 3.05) is 5.75 Å². The van der Waals surface area contributed by atoms with Gasteiger partial charge in [-0.05, 0) is 37.0 Å². The largest absolute Gasteiger partial charge is 0.392 e. The smallest absolute Gasteiger partial charge is 0.142 e. The molecule has 1 aromatic carbocycles. The van der Waals surface area contributed by atoms with Crippen LogP contribution >= 0.6 is 23.4 Å². The average molecular weight is 289 g/mol. The van der Waals surface area contributed by atoms with Gasteiger partial charge in [-0.15, -0.1) is 0 Å². The van der Waals surface area contributed by atoms with Gasteiger partial charge in [0, 0.05) is 11.0 Å². The quantitative estimate of drug-likeness (QED) is 0.882. The second-order valence-corrected chi connectivity index (χ2v) is 6.59. The van der Waals surface area contributed by atoms with Gasteiger partial charge in [-0.1, -0.05) is 30.5 Å². The van der Waals surface area contributed by atoms with E-state index in [-0.39, 0.29) is 5.02 Å². The van der Waals surface area contributed by atoms with Crippen LogP contribution in [0, 0.1) is 5.82 Å². The van der Waals surface area contributed by atoms with E-state index >= 15 is 0 Å². The molecule has 0 radical (unpaired) electrons. The highest BCUT2D eigenvalue weighted by Crippen LogP contribution is 2.30. The topological polar surface area (TPSA) is 20.2 Å². The molecule has 1 aliphatic carbocycles. The molecule has 0 aromatic heterocycles. The third-order valence-electron chi connectivity index (χ3n) is 3.28. The molecule has 18 heavy (non-hydrogen) atoms. The minimum absolute atomic E-state index is 0.133. The van der Waals surface area contributed by atoms with Crippen molar-refractivity contribution in [3.63, 3.8) is 0 Å². The van der Waals surface area contributed by atoms with Crippen molar-refractivity contribution in [1.29, 1.82) is 0 Å². The van der Waals surface area contributed by atoms with Crippen LogP contribution in [0.4, 0.5) is 4.39 Å². The fraction of sp³-hybridized carbons (Fsp3) is 0.571. The molecule has 100 valence electrons. The maximum Gasteiger partial charge on any atom is 0.142 e. The first-order chi connectivity index (χ1) is 8.65. The van der Waals surface area contributed by atoms with E-state index in [0.29, 0.717) is 11.7 Å². The van der Waals surface area contributed by atoms with Crippen molar-refractivity contribution < 1.29 is 9.50 Å². The van der Waals surface area contributed by atoms with Crippen LogP contribution in [0.2, 0.25) is 5.02 Å². The van der Waals surface area contributed by atoms with Crippen LogP contribution in [0.5, 0.6) is 0 Å². The summed E-state index contributed by atoms with van der Waals surface area (Å²) in [5, 5.41) is 10.8. The number of hydrogen-bond acceptors (Lipinski definition) is 2. The number of rotatable bonds is 5. The number of aliphatic hydroxyl groups excluding tert-OH is 1. The van der Waals surface area contributed by atoms with E-state index in [9.17, 15) is 9.50 Å². The lowest BCUT2D eigenvalue weighted by Gasteiger charge is -2.14. The standard InChI is InChI=1S/C14H18ClFOS/c15-13-6-5-10(8-14(13)16)7-11(17)9-18-12-3-1-2-4-12/h5-6,8,11-12,17H,1-4,7,9H2. The summed E-state index contributed by atoms with van der Waals surface area (Å²) in [4.78, 5) is 0. The van der Waals surface area contributed by atoms with Gasteiger partial charge in [-0.3, -0.25) is 0 Å². The first-order valence-electron chi connectivity index (χ1n) is 6.39. The Morgan fingerprint density at radius 1 is 1.39 bits per heavy atom. The second kappa shape index (κ2) is 6.78. The first kappa shape index (κ1) is 14.2. The van der Waals surface area contributed by atoms with Crippen LogP contribution in [0.25, 0.3) is 0 Å². The molecular formula is C14H18ClFOS. The van der Waals surface area contributed by atoms with Gasteiger partial charge in [0.25, 0.3) is 0 Å². The maximum absolute atomic E-state index is 13.2. The molecule has 1 saturated carbocycles. The predicted octanol–water partition coefficient (Wildman–Crippen LogP) is 4.06. The number of thioether (sulfide) groups is 1. The number of halogens is 2. The summed E-state index contributed by atoms with van der Waals surface area (Å²) in [7, 11) is 0. The monoisotopic (exact) mass is 288 g/mol. The Labute approximate surface area is 117 Å². The van der Waals surface area contributed by atoms with Crippen molar-refractivity contribution in [2.24, 2.45) is 0 Å². The zero-order valence-corrected chi connectivity index (χ0v) is 11.8. The van der Waals surface area contributed by atoms with Gasteiger partial charge < -0.3 is 5.11 Å². The molecule has 1 fully saturated rings. The molecular weight excluding hydrogens is 271 g/mol. The highest BCUT2D eigenvalue weighted by atomic mass is 35.5. The number of aliphatic hydroxyl groups is 1. The first-order valence-corrected chi connectivity index (χ1v) is 7.81. The fourth-order valence-electron chi connectivity index (χ4n) is 2.30. The molecule has 2 rings (SSSR count). The number of hydrogen-bond donors (Lipinski definition) is 1. The van der Waals surface area contributed by atoms with Gasteiger partial charge in [0.1, 0.15) is 5.82 Å². The molecule has 0 aliphatic heterocycles. The normalized spacial score (nSPS) is 18.2. The summed E-state index contributed by atoms with van der Waals surface area (Å²) in [5.41, 5.74) is 0.802. The third kappa shape index (κ3) is 4.15. The van der Waals surface area contributed by atoms with Crippen LogP contribution in [-0.2, 0) is 6.42 Å². The Bertz CT molecular complexity index is 393. The summed E-state index contributed by atoms with van der Waals surface area (Å²) >= 11 is 7.47. The third-order valence-corrected chi connectivity index (χ3v) is 5.11. The van der Waals surface area contributed by atoms with E-state index in [1.165, 1.54) is 31.7 Å². The Hall–Kier alpha value is -0.250. The van der Waals surface area contributed by atoms with E-state index in [2.05, 4.69) is 0 Å². The minimum atomic E-state index is -0.412. The van der Waals surface area contributed by atoms with E-state index in [0.717, 1.165) is 11.3 Å². The molecule has 4 heteroatoms. The lowest BCUT2D eigenvalue weighted by atomic mass is 10.1. The van der Waals surface area contributed by atoms with Crippen molar-refractivity contribution >= 4 is 23.4 Å². The van der Waals surface area contributed by atoms with Crippen molar-refractivity contribution in [2.45, 2.75) is 43.5 Å². The Kier molecular flexibility index (Phi) is 5.34. The lowest BCUT2D eigenvalue weighted by molar-refractivity contribution is 0.200. The summed E-state index contributed by atoms with van der Waals surface area (Å²) in [6.45, 7) is 0. The van der Waals surface area contributed by atoms with E-state index in [4.69, 9.17) is 11.6 Å². The fourth-order valence-corrected chi connectivity index (χ4v) is 3.70. The van der Waals surface area contributed by atoms with E-state index in [1.54, 1.807) is 12.1 Å². The molecule has 0 saturated heterocycles. The van der Waals surface area contributed by atoms with Gasteiger partial charge in [0.2, 0.25) is 0 Å². The molecule has 0 heterocycles. The van der Waals surface area contributed by atoms with Gasteiger partial charge in [-0.2, -0.15) is 11.8 Å². The highest BCUT2D eigenvalue weighted by Gasteiger charge is 2.17. The van der Waals surface area contributed by atoms with Gasteiger partial charge in [-0.25, -0.2) is 4.39 Å².